The molecule has 2 fully saturated rings. The van der Waals surface area contributed by atoms with Crippen molar-refractivity contribution in [2.75, 3.05) is 26.7 Å². The molecule has 2 aliphatic rings. The number of hydrogen-bond donors (Lipinski definition) is 1. The summed E-state index contributed by atoms with van der Waals surface area (Å²) in [6.07, 6.45) is 4.08. The van der Waals surface area contributed by atoms with E-state index in [2.05, 4.69) is 16.8 Å². The van der Waals surface area contributed by atoms with Crippen LogP contribution in [-0.2, 0) is 4.74 Å². The average molecular weight is 324 g/mol. The zero-order chi connectivity index (χ0) is 17.3. The van der Waals surface area contributed by atoms with Crippen molar-refractivity contribution in [3.8, 4) is 0 Å². The second kappa shape index (κ2) is 6.57. The lowest BCUT2D eigenvalue weighted by molar-refractivity contribution is 0.0127. The van der Waals surface area contributed by atoms with E-state index in [0.717, 1.165) is 32.5 Å². The van der Waals surface area contributed by atoms with Gasteiger partial charge in [-0.1, -0.05) is 6.92 Å². The molecule has 0 aromatic rings. The molecule has 1 amide bonds. The number of nitrogens with zero attached hydrogens (tertiary/aromatic N) is 3. The van der Waals surface area contributed by atoms with Crippen molar-refractivity contribution in [2.24, 2.45) is 16.1 Å². The van der Waals surface area contributed by atoms with E-state index in [4.69, 9.17) is 10.5 Å². The van der Waals surface area contributed by atoms with Gasteiger partial charge in [0.05, 0.1) is 0 Å². The van der Waals surface area contributed by atoms with Crippen LogP contribution < -0.4 is 5.73 Å². The van der Waals surface area contributed by atoms with Gasteiger partial charge in [-0.2, -0.15) is 0 Å². The van der Waals surface area contributed by atoms with E-state index in [-0.39, 0.29) is 11.5 Å². The van der Waals surface area contributed by atoms with Crippen molar-refractivity contribution in [1.82, 2.24) is 9.80 Å². The Morgan fingerprint density at radius 3 is 2.39 bits per heavy atom. The number of nitrogens with two attached hydrogens (primary N) is 1. The monoisotopic (exact) mass is 324 g/mol. The predicted molar refractivity (Wildman–Crippen MR) is 92.4 cm³/mol. The molecule has 2 N–H and O–H groups in total. The number of piperidine rings is 1. The SMILES string of the molecule is CN(C(N)=NCC1(C)CCN(C(=O)OC(C)(C)C)CC1)C1CC1. The van der Waals surface area contributed by atoms with Crippen LogP contribution in [0.4, 0.5) is 4.79 Å². The maximum atomic E-state index is 12.1. The lowest BCUT2D eigenvalue weighted by atomic mass is 9.80. The van der Waals surface area contributed by atoms with Crippen LogP contribution in [0.2, 0.25) is 0 Å². The summed E-state index contributed by atoms with van der Waals surface area (Å²) < 4.78 is 5.44. The summed E-state index contributed by atoms with van der Waals surface area (Å²) in [5.41, 5.74) is 5.73. The number of guanidine groups is 1. The fourth-order valence-corrected chi connectivity index (χ4v) is 2.75. The molecule has 1 saturated carbocycles. The van der Waals surface area contributed by atoms with Crippen molar-refractivity contribution in [3.63, 3.8) is 0 Å². The zero-order valence-corrected chi connectivity index (χ0v) is 15.3. The van der Waals surface area contributed by atoms with Crippen LogP contribution in [0.1, 0.15) is 53.4 Å². The maximum absolute atomic E-state index is 12.1. The largest absolute Gasteiger partial charge is 0.444 e. The molecule has 6 heteroatoms. The van der Waals surface area contributed by atoms with E-state index in [0.29, 0.717) is 12.0 Å². The van der Waals surface area contributed by atoms with Gasteiger partial charge in [0.15, 0.2) is 5.96 Å². The molecule has 2 rings (SSSR count). The molecule has 0 aromatic carbocycles. The Balaban J connectivity index is 1.82. The van der Waals surface area contributed by atoms with Gasteiger partial charge in [-0.25, -0.2) is 4.79 Å². The first kappa shape index (κ1) is 17.9. The van der Waals surface area contributed by atoms with Crippen LogP contribution in [0, 0.1) is 5.41 Å². The molecule has 0 bridgehead atoms. The molecule has 1 heterocycles. The third kappa shape index (κ3) is 5.29. The smallest absolute Gasteiger partial charge is 0.410 e. The molecule has 1 aliphatic heterocycles. The number of ether oxygens (including phenoxy) is 1. The Bertz CT molecular complexity index is 458. The molecule has 132 valence electrons. The van der Waals surface area contributed by atoms with Crippen molar-refractivity contribution in [3.05, 3.63) is 0 Å². The lowest BCUT2D eigenvalue weighted by Crippen LogP contribution is -2.45. The van der Waals surface area contributed by atoms with Gasteiger partial charge in [-0.3, -0.25) is 4.99 Å². The minimum absolute atomic E-state index is 0.105. The molecule has 23 heavy (non-hydrogen) atoms. The highest BCUT2D eigenvalue weighted by Gasteiger charge is 2.34. The highest BCUT2D eigenvalue weighted by atomic mass is 16.6. The standard InChI is InChI=1S/C17H32N4O2/c1-16(2,3)23-15(22)21-10-8-17(4,9-11-21)12-19-14(18)20(5)13-6-7-13/h13H,6-12H2,1-5H3,(H2,18,19). The second-order valence-corrected chi connectivity index (χ2v) is 8.29. The predicted octanol–water partition coefficient (Wildman–Crippen LogP) is 2.43. The van der Waals surface area contributed by atoms with Crippen LogP contribution in [0.15, 0.2) is 4.99 Å². The molecule has 0 radical (unpaired) electrons. The van der Waals surface area contributed by atoms with Gasteiger partial charge in [0.2, 0.25) is 0 Å². The number of likely N-dealkylation sites (tertiary alicyclic amines) is 1. The van der Waals surface area contributed by atoms with Gasteiger partial charge in [0, 0.05) is 32.7 Å². The molecule has 0 atom stereocenters. The minimum atomic E-state index is -0.441. The maximum Gasteiger partial charge on any atom is 0.410 e. The van der Waals surface area contributed by atoms with E-state index in [9.17, 15) is 4.79 Å². The van der Waals surface area contributed by atoms with Gasteiger partial charge in [-0.15, -0.1) is 0 Å². The van der Waals surface area contributed by atoms with E-state index in [1.165, 1.54) is 12.8 Å². The molecule has 1 aliphatic carbocycles. The Labute approximate surface area is 140 Å². The fraction of sp³-hybridized carbons (Fsp3) is 0.882. The number of carbonyl (C=O) groups excluding carboxylic acids is 1. The van der Waals surface area contributed by atoms with Gasteiger partial charge in [-0.05, 0) is 51.9 Å². The Morgan fingerprint density at radius 1 is 1.35 bits per heavy atom. The van der Waals surface area contributed by atoms with Gasteiger partial charge < -0.3 is 20.3 Å². The summed E-state index contributed by atoms with van der Waals surface area (Å²) in [5.74, 6) is 0.642. The molecular formula is C17H32N4O2. The highest BCUT2D eigenvalue weighted by Crippen LogP contribution is 2.32. The van der Waals surface area contributed by atoms with Crippen molar-refractivity contribution in [2.45, 2.75) is 65.0 Å². The molecule has 0 unspecified atom stereocenters. The number of aliphatic imine (C=N–C) groups is 1. The molecule has 6 nitrogen and oxygen atoms in total. The first-order valence-corrected chi connectivity index (χ1v) is 8.60. The fourth-order valence-electron chi connectivity index (χ4n) is 2.75. The summed E-state index contributed by atoms with van der Waals surface area (Å²) in [4.78, 5) is 20.6. The summed E-state index contributed by atoms with van der Waals surface area (Å²) in [7, 11) is 2.02. The van der Waals surface area contributed by atoms with Crippen LogP contribution in [0.3, 0.4) is 0 Å². The first-order valence-electron chi connectivity index (χ1n) is 8.60. The summed E-state index contributed by atoms with van der Waals surface area (Å²) in [6, 6.07) is 0.584. The Hall–Kier alpha value is -1.46. The lowest BCUT2D eigenvalue weighted by Gasteiger charge is -2.39. The molecule has 1 saturated heterocycles. The van der Waals surface area contributed by atoms with Crippen LogP contribution in [0.25, 0.3) is 0 Å². The minimum Gasteiger partial charge on any atom is -0.444 e. The van der Waals surface area contributed by atoms with Gasteiger partial charge >= 0.3 is 6.09 Å². The normalized spacial score (nSPS) is 22.0. The van der Waals surface area contributed by atoms with Crippen molar-refractivity contribution < 1.29 is 9.53 Å². The number of carbonyl (C=O) groups is 1. The highest BCUT2D eigenvalue weighted by molar-refractivity contribution is 5.78. The first-order chi connectivity index (χ1) is 10.6. The topological polar surface area (TPSA) is 71.2 Å². The number of hydrogen-bond acceptors (Lipinski definition) is 3. The van der Waals surface area contributed by atoms with Gasteiger partial charge in [0.25, 0.3) is 0 Å². The molecular weight excluding hydrogens is 292 g/mol. The molecule has 0 aromatic heterocycles. The van der Waals surface area contributed by atoms with Gasteiger partial charge in [0.1, 0.15) is 5.60 Å². The summed E-state index contributed by atoms with van der Waals surface area (Å²) in [5, 5.41) is 0. The Morgan fingerprint density at radius 2 is 1.91 bits per heavy atom. The third-order valence-electron chi connectivity index (χ3n) is 4.70. The van der Waals surface area contributed by atoms with Crippen LogP contribution in [0.5, 0.6) is 0 Å². The third-order valence-corrected chi connectivity index (χ3v) is 4.70. The number of amides is 1. The van der Waals surface area contributed by atoms with E-state index >= 15 is 0 Å². The van der Waals surface area contributed by atoms with Crippen molar-refractivity contribution in [1.29, 1.82) is 0 Å². The van der Waals surface area contributed by atoms with Crippen molar-refractivity contribution >= 4 is 12.1 Å². The Kier molecular flexibility index (Phi) is 5.11. The zero-order valence-electron chi connectivity index (χ0n) is 15.3. The average Bonchev–Trinajstić information content (AvgIpc) is 3.27. The van der Waals surface area contributed by atoms with E-state index < -0.39 is 5.60 Å². The second-order valence-electron chi connectivity index (χ2n) is 8.29. The van der Waals surface area contributed by atoms with Crippen LogP contribution in [-0.4, -0.2) is 60.2 Å². The molecule has 0 spiro atoms. The van der Waals surface area contributed by atoms with Crippen LogP contribution >= 0.6 is 0 Å². The van der Waals surface area contributed by atoms with E-state index in [1.54, 1.807) is 4.90 Å². The summed E-state index contributed by atoms with van der Waals surface area (Å²) in [6.45, 7) is 10.1. The van der Waals surface area contributed by atoms with E-state index in [1.807, 2.05) is 27.8 Å². The number of rotatable bonds is 3. The summed E-state index contributed by atoms with van der Waals surface area (Å²) >= 11 is 0. The quantitative estimate of drug-likeness (QED) is 0.639.